The lowest BCUT2D eigenvalue weighted by Crippen LogP contribution is -2.37. The summed E-state index contributed by atoms with van der Waals surface area (Å²) in [5.41, 5.74) is 7.87. The summed E-state index contributed by atoms with van der Waals surface area (Å²) >= 11 is 0. The Labute approximate surface area is 90.5 Å². The van der Waals surface area contributed by atoms with Crippen molar-refractivity contribution in [1.82, 2.24) is 0 Å². The van der Waals surface area contributed by atoms with Crippen LogP contribution in [0.1, 0.15) is 12.8 Å². The van der Waals surface area contributed by atoms with Crippen LogP contribution in [0, 0.1) is 5.92 Å². The van der Waals surface area contributed by atoms with E-state index in [0.717, 1.165) is 37.3 Å². The number of rotatable bonds is 2. The molecule has 1 aliphatic rings. The lowest BCUT2D eigenvalue weighted by atomic mass is 9.98. The Hall–Kier alpha value is -1.22. The van der Waals surface area contributed by atoms with Crippen LogP contribution in [0.25, 0.3) is 0 Å². The largest absolute Gasteiger partial charge is 0.397 e. The number of nitrogen functional groups attached to an aromatic ring is 1. The lowest BCUT2D eigenvalue weighted by molar-refractivity contribution is 0.209. The van der Waals surface area contributed by atoms with Crippen LogP contribution in [-0.4, -0.2) is 24.8 Å². The van der Waals surface area contributed by atoms with Crippen LogP contribution >= 0.6 is 0 Å². The van der Waals surface area contributed by atoms with E-state index >= 15 is 0 Å². The first-order valence-corrected chi connectivity index (χ1v) is 5.51. The highest BCUT2D eigenvalue weighted by Crippen LogP contribution is 2.27. The molecule has 0 amide bonds. The van der Waals surface area contributed by atoms with Gasteiger partial charge in [-0.3, -0.25) is 0 Å². The molecule has 1 atom stereocenters. The maximum Gasteiger partial charge on any atom is 0.0600 e. The fourth-order valence-corrected chi connectivity index (χ4v) is 2.21. The van der Waals surface area contributed by atoms with Crippen molar-refractivity contribution >= 4 is 11.4 Å². The van der Waals surface area contributed by atoms with Gasteiger partial charge in [-0.15, -0.1) is 0 Å². The standard InChI is InChI=1S/C12H18N2O/c13-11-5-1-2-6-12(11)14-7-3-4-10(8-14)9-15/h1-2,5-6,10,15H,3-4,7-9,13H2/t10-/m0/s1. The molecule has 15 heavy (non-hydrogen) atoms. The van der Waals surface area contributed by atoms with Gasteiger partial charge in [0.05, 0.1) is 11.4 Å². The summed E-state index contributed by atoms with van der Waals surface area (Å²) in [6.07, 6.45) is 2.26. The smallest absolute Gasteiger partial charge is 0.0600 e. The Bertz CT molecular complexity index is 327. The normalized spacial score (nSPS) is 21.7. The van der Waals surface area contributed by atoms with Crippen molar-refractivity contribution in [2.75, 3.05) is 30.3 Å². The van der Waals surface area contributed by atoms with Crippen molar-refractivity contribution in [1.29, 1.82) is 0 Å². The SMILES string of the molecule is Nc1ccccc1N1CCC[C@H](CO)C1. The van der Waals surface area contributed by atoms with Gasteiger partial charge in [0, 0.05) is 19.7 Å². The molecule has 3 nitrogen and oxygen atoms in total. The van der Waals surface area contributed by atoms with E-state index in [1.807, 2.05) is 18.2 Å². The van der Waals surface area contributed by atoms with Crippen molar-refractivity contribution in [2.45, 2.75) is 12.8 Å². The number of benzene rings is 1. The van der Waals surface area contributed by atoms with Gasteiger partial charge in [0.1, 0.15) is 0 Å². The third-order valence-corrected chi connectivity index (χ3v) is 3.05. The summed E-state index contributed by atoms with van der Waals surface area (Å²) in [6, 6.07) is 7.94. The maximum atomic E-state index is 9.17. The summed E-state index contributed by atoms with van der Waals surface area (Å²) < 4.78 is 0. The number of nitrogens with two attached hydrogens (primary N) is 1. The third kappa shape index (κ3) is 2.23. The second-order valence-electron chi connectivity index (χ2n) is 4.20. The van der Waals surface area contributed by atoms with Crippen LogP contribution in [0.4, 0.5) is 11.4 Å². The molecule has 3 N–H and O–H groups in total. The summed E-state index contributed by atoms with van der Waals surface area (Å²) in [5, 5.41) is 9.17. The van der Waals surface area contributed by atoms with Crippen molar-refractivity contribution in [3.05, 3.63) is 24.3 Å². The van der Waals surface area contributed by atoms with Crippen LogP contribution in [0.5, 0.6) is 0 Å². The van der Waals surface area contributed by atoms with Gasteiger partial charge in [0.2, 0.25) is 0 Å². The molecule has 0 aromatic heterocycles. The lowest BCUT2D eigenvalue weighted by Gasteiger charge is -2.34. The van der Waals surface area contributed by atoms with Crippen LogP contribution in [0.2, 0.25) is 0 Å². The number of anilines is 2. The zero-order chi connectivity index (χ0) is 10.7. The fraction of sp³-hybridized carbons (Fsp3) is 0.500. The van der Waals surface area contributed by atoms with Gasteiger partial charge in [0.25, 0.3) is 0 Å². The van der Waals surface area contributed by atoms with Crippen molar-refractivity contribution in [3.63, 3.8) is 0 Å². The summed E-state index contributed by atoms with van der Waals surface area (Å²) in [4.78, 5) is 2.28. The predicted octanol–water partition coefficient (Wildman–Crippen LogP) is 1.48. The topological polar surface area (TPSA) is 49.5 Å². The summed E-state index contributed by atoms with van der Waals surface area (Å²) in [5.74, 6) is 0.401. The van der Waals surface area contributed by atoms with E-state index in [-0.39, 0.29) is 6.61 Å². The van der Waals surface area contributed by atoms with Crippen LogP contribution < -0.4 is 10.6 Å². The molecule has 1 fully saturated rings. The van der Waals surface area contributed by atoms with E-state index in [1.54, 1.807) is 0 Å². The predicted molar refractivity (Wildman–Crippen MR) is 62.9 cm³/mol. The van der Waals surface area contributed by atoms with Crippen molar-refractivity contribution in [2.24, 2.45) is 5.92 Å². The average Bonchev–Trinajstić information content (AvgIpc) is 2.30. The number of piperidine rings is 1. The van der Waals surface area contributed by atoms with E-state index < -0.39 is 0 Å². The Morgan fingerprint density at radius 2 is 2.20 bits per heavy atom. The molecule has 82 valence electrons. The van der Waals surface area contributed by atoms with Gasteiger partial charge in [-0.25, -0.2) is 0 Å². The third-order valence-electron chi connectivity index (χ3n) is 3.05. The van der Waals surface area contributed by atoms with E-state index in [9.17, 15) is 0 Å². The Morgan fingerprint density at radius 1 is 1.40 bits per heavy atom. The Balaban J connectivity index is 2.13. The number of hydrogen-bond acceptors (Lipinski definition) is 3. The van der Waals surface area contributed by atoms with Gasteiger partial charge in [-0.05, 0) is 30.9 Å². The molecule has 0 radical (unpaired) electrons. The minimum atomic E-state index is 0.281. The molecule has 0 unspecified atom stereocenters. The quantitative estimate of drug-likeness (QED) is 0.721. The number of aliphatic hydroxyl groups excluding tert-OH is 1. The Morgan fingerprint density at radius 3 is 2.93 bits per heavy atom. The Kier molecular flexibility index (Phi) is 3.11. The number of aliphatic hydroxyl groups is 1. The van der Waals surface area contributed by atoms with Gasteiger partial charge in [0.15, 0.2) is 0 Å². The number of hydrogen-bond donors (Lipinski definition) is 2. The average molecular weight is 206 g/mol. The highest BCUT2D eigenvalue weighted by atomic mass is 16.3. The zero-order valence-corrected chi connectivity index (χ0v) is 8.89. The van der Waals surface area contributed by atoms with Gasteiger partial charge >= 0.3 is 0 Å². The van der Waals surface area contributed by atoms with Gasteiger partial charge in [-0.2, -0.15) is 0 Å². The highest BCUT2D eigenvalue weighted by Gasteiger charge is 2.20. The second kappa shape index (κ2) is 4.53. The maximum absolute atomic E-state index is 9.17. The van der Waals surface area contributed by atoms with Gasteiger partial charge in [-0.1, -0.05) is 12.1 Å². The van der Waals surface area contributed by atoms with Crippen molar-refractivity contribution in [3.8, 4) is 0 Å². The molecule has 1 aliphatic heterocycles. The molecule has 2 rings (SSSR count). The zero-order valence-electron chi connectivity index (χ0n) is 8.89. The van der Waals surface area contributed by atoms with E-state index in [2.05, 4.69) is 11.0 Å². The number of nitrogens with zero attached hydrogens (tertiary/aromatic N) is 1. The van der Waals surface area contributed by atoms with E-state index in [1.165, 1.54) is 0 Å². The molecule has 1 aromatic rings. The molecule has 1 heterocycles. The van der Waals surface area contributed by atoms with E-state index in [4.69, 9.17) is 10.8 Å². The summed E-state index contributed by atoms with van der Waals surface area (Å²) in [7, 11) is 0. The molecule has 0 spiro atoms. The van der Waals surface area contributed by atoms with Crippen molar-refractivity contribution < 1.29 is 5.11 Å². The first-order valence-electron chi connectivity index (χ1n) is 5.51. The minimum absolute atomic E-state index is 0.281. The first-order chi connectivity index (χ1) is 7.31. The number of para-hydroxylation sites is 2. The molecule has 0 bridgehead atoms. The highest BCUT2D eigenvalue weighted by molar-refractivity contribution is 5.67. The van der Waals surface area contributed by atoms with Gasteiger partial charge < -0.3 is 15.7 Å². The summed E-state index contributed by atoms with van der Waals surface area (Å²) in [6.45, 7) is 2.25. The van der Waals surface area contributed by atoms with Crippen LogP contribution in [0.15, 0.2) is 24.3 Å². The van der Waals surface area contributed by atoms with E-state index in [0.29, 0.717) is 5.92 Å². The molecule has 0 aliphatic carbocycles. The first kappa shape index (κ1) is 10.3. The molecule has 1 aromatic carbocycles. The fourth-order valence-electron chi connectivity index (χ4n) is 2.21. The molecule has 3 heteroatoms. The minimum Gasteiger partial charge on any atom is -0.397 e. The monoisotopic (exact) mass is 206 g/mol. The van der Waals surface area contributed by atoms with Crippen LogP contribution in [0.3, 0.4) is 0 Å². The second-order valence-corrected chi connectivity index (χ2v) is 4.20. The molecule has 1 saturated heterocycles. The molecular formula is C12H18N2O. The van der Waals surface area contributed by atoms with Crippen LogP contribution in [-0.2, 0) is 0 Å². The molecular weight excluding hydrogens is 188 g/mol. The molecule has 0 saturated carbocycles.